The Bertz CT molecular complexity index is 1810. The van der Waals surface area contributed by atoms with Crippen LogP contribution < -0.4 is 14.6 Å². The maximum absolute atomic E-state index is 12.3. The molecule has 10 nitrogen and oxygen atoms in total. The standard InChI is InChI=1S/2C21H28O5S.Ca/c2*1-2-3-4-5-6-7-8-11-17-14-15-18(16-19(17)22)26-20-12-9-10-13-21(20)27(23,24)25;/h2*9-10,12-16,22H,2-8,11H2,1H3,(H,23,24,25);/q;;+2/p-2. The second-order valence-electron chi connectivity index (χ2n) is 13.3. The fourth-order valence-electron chi connectivity index (χ4n) is 5.91. The number of unbranched alkanes of at least 4 members (excludes halogenated alkanes) is 12. The normalized spacial score (nSPS) is 11.3. The SMILES string of the molecule is CCCCCCCCCc1ccc(Oc2ccccc2S(=O)(=O)O)cc1O.CCCCCCCCCc1ccc(Oc2ccccc2S(=O)(=O)[O-])cc1[O-].[Ca+2]. The van der Waals surface area contributed by atoms with E-state index < -0.39 is 25.1 Å². The third-order valence-electron chi connectivity index (χ3n) is 8.90. The minimum Gasteiger partial charge on any atom is -0.872 e. The Kier molecular flexibility index (Phi) is 22.3. The molecular weight excluding hydrogens is 769 g/mol. The van der Waals surface area contributed by atoms with Crippen molar-refractivity contribution in [2.75, 3.05) is 0 Å². The van der Waals surface area contributed by atoms with Crippen molar-refractivity contribution < 1.29 is 45.6 Å². The summed E-state index contributed by atoms with van der Waals surface area (Å²) in [4.78, 5) is -0.749. The van der Waals surface area contributed by atoms with Crippen LogP contribution in [0.5, 0.6) is 34.5 Å². The average Bonchev–Trinajstić information content (AvgIpc) is 3.12. The molecule has 0 aromatic heterocycles. The Labute approximate surface area is 357 Å². The summed E-state index contributed by atoms with van der Waals surface area (Å²) in [5.74, 6) is 0.459. The van der Waals surface area contributed by atoms with Crippen LogP contribution in [0.1, 0.15) is 115 Å². The Morgan fingerprint density at radius 3 is 1.45 bits per heavy atom. The number of para-hydroxylation sites is 2. The summed E-state index contributed by atoms with van der Waals surface area (Å²) < 4.78 is 77.0. The van der Waals surface area contributed by atoms with Crippen LogP contribution in [0.2, 0.25) is 0 Å². The minimum atomic E-state index is -4.65. The van der Waals surface area contributed by atoms with E-state index in [0.717, 1.165) is 49.7 Å². The molecule has 0 radical (unpaired) electrons. The molecule has 0 heterocycles. The number of hydrogen-bond donors (Lipinski definition) is 2. The quantitative estimate of drug-likeness (QED) is 0.0441. The third-order valence-corrected chi connectivity index (χ3v) is 10.7. The molecule has 55 heavy (non-hydrogen) atoms. The molecule has 4 aromatic rings. The number of phenolic OH excluding ortho intramolecular Hbond substituents is 1. The summed E-state index contributed by atoms with van der Waals surface area (Å²) >= 11 is 0. The summed E-state index contributed by atoms with van der Waals surface area (Å²) in [5.41, 5.74) is 1.57. The van der Waals surface area contributed by atoms with Gasteiger partial charge in [0.25, 0.3) is 10.1 Å². The van der Waals surface area contributed by atoms with E-state index in [1.54, 1.807) is 36.4 Å². The number of benzene rings is 4. The fourth-order valence-corrected chi connectivity index (χ4v) is 7.13. The van der Waals surface area contributed by atoms with Gasteiger partial charge in [0.2, 0.25) is 0 Å². The van der Waals surface area contributed by atoms with Gasteiger partial charge in [-0.3, -0.25) is 4.55 Å². The Balaban J connectivity index is 0.000000373. The number of ether oxygens (including phenoxy) is 2. The van der Waals surface area contributed by atoms with Crippen LogP contribution in [0, 0.1) is 0 Å². The molecule has 2 N–H and O–H groups in total. The van der Waals surface area contributed by atoms with Gasteiger partial charge in [0.15, 0.2) is 0 Å². The van der Waals surface area contributed by atoms with E-state index in [0.29, 0.717) is 5.75 Å². The first-order valence-electron chi connectivity index (χ1n) is 18.9. The number of phenols is 1. The molecule has 0 saturated carbocycles. The molecule has 0 bridgehead atoms. The minimum absolute atomic E-state index is 0. The molecule has 0 aliphatic rings. The van der Waals surface area contributed by atoms with E-state index in [4.69, 9.17) is 9.47 Å². The maximum Gasteiger partial charge on any atom is 2.00 e. The molecule has 0 unspecified atom stereocenters. The van der Waals surface area contributed by atoms with Gasteiger partial charge in [-0.25, -0.2) is 8.42 Å². The molecule has 4 rings (SSSR count). The first kappa shape index (κ1) is 48.3. The number of aromatic hydroxyl groups is 1. The molecule has 0 spiro atoms. The van der Waals surface area contributed by atoms with E-state index in [1.807, 2.05) is 0 Å². The van der Waals surface area contributed by atoms with E-state index in [1.165, 1.54) is 113 Å². The molecule has 0 saturated heterocycles. The summed E-state index contributed by atoms with van der Waals surface area (Å²) in [5, 5.41) is 22.5. The fraction of sp³-hybridized carbons (Fsp3) is 0.429. The van der Waals surface area contributed by atoms with E-state index in [2.05, 4.69) is 13.8 Å². The Morgan fingerprint density at radius 1 is 0.564 bits per heavy atom. The van der Waals surface area contributed by atoms with E-state index in [9.17, 15) is 36.2 Å². The summed E-state index contributed by atoms with van der Waals surface area (Å²) in [6.45, 7) is 4.40. The smallest absolute Gasteiger partial charge is 0.872 e. The van der Waals surface area contributed by atoms with Gasteiger partial charge < -0.3 is 24.2 Å². The molecule has 296 valence electrons. The molecule has 13 heteroatoms. The van der Waals surface area contributed by atoms with Crippen molar-refractivity contribution in [3.63, 3.8) is 0 Å². The third kappa shape index (κ3) is 17.9. The number of hydrogen-bond acceptors (Lipinski definition) is 9. The molecule has 0 atom stereocenters. The van der Waals surface area contributed by atoms with Gasteiger partial charge in [-0.05, 0) is 73.7 Å². The zero-order valence-electron chi connectivity index (χ0n) is 32.1. The number of rotatable bonds is 22. The molecule has 0 fully saturated rings. The summed E-state index contributed by atoms with van der Waals surface area (Å²) in [6, 6.07) is 21.0. The summed E-state index contributed by atoms with van der Waals surface area (Å²) in [6.07, 6.45) is 18.3. The van der Waals surface area contributed by atoms with Gasteiger partial charge >= 0.3 is 37.7 Å². The largest absolute Gasteiger partial charge is 2.00 e. The van der Waals surface area contributed by atoms with Crippen molar-refractivity contribution in [1.29, 1.82) is 0 Å². The maximum atomic E-state index is 12.3. The van der Waals surface area contributed by atoms with Crippen LogP contribution in [0.15, 0.2) is 94.7 Å². The van der Waals surface area contributed by atoms with E-state index in [-0.39, 0.29) is 71.4 Å². The first-order valence-corrected chi connectivity index (χ1v) is 21.8. The van der Waals surface area contributed by atoms with Crippen LogP contribution in [0.3, 0.4) is 0 Å². The average molecular weight is 823 g/mol. The predicted molar refractivity (Wildman–Crippen MR) is 214 cm³/mol. The molecule has 0 aliphatic heterocycles. The van der Waals surface area contributed by atoms with Crippen molar-refractivity contribution in [2.24, 2.45) is 0 Å². The van der Waals surface area contributed by atoms with Gasteiger partial charge in [-0.1, -0.05) is 133 Å². The van der Waals surface area contributed by atoms with Gasteiger partial charge in [0, 0.05) is 6.07 Å². The van der Waals surface area contributed by atoms with Crippen molar-refractivity contribution in [2.45, 2.75) is 126 Å². The molecule has 4 aromatic carbocycles. The Morgan fingerprint density at radius 2 is 0.982 bits per heavy atom. The zero-order valence-corrected chi connectivity index (χ0v) is 35.9. The first-order chi connectivity index (χ1) is 25.8. The van der Waals surface area contributed by atoms with Gasteiger partial charge in [0.05, 0.1) is 4.90 Å². The van der Waals surface area contributed by atoms with Crippen LogP contribution in [0.4, 0.5) is 0 Å². The van der Waals surface area contributed by atoms with Crippen molar-refractivity contribution in [3.05, 3.63) is 96.1 Å². The molecule has 0 amide bonds. The van der Waals surface area contributed by atoms with Gasteiger partial charge in [0.1, 0.15) is 43.8 Å². The zero-order chi connectivity index (χ0) is 39.4. The Hall–Kier alpha value is -2.84. The molecular formula is C42H54CaO10S2. The monoisotopic (exact) mass is 822 g/mol. The van der Waals surface area contributed by atoms with Crippen molar-refractivity contribution in [1.82, 2.24) is 0 Å². The number of aryl methyl sites for hydroxylation is 2. The predicted octanol–water partition coefficient (Wildman–Crippen LogP) is 10.1. The van der Waals surface area contributed by atoms with Crippen LogP contribution in [-0.2, 0) is 33.1 Å². The van der Waals surface area contributed by atoms with Gasteiger partial charge in [-0.2, -0.15) is 8.42 Å². The molecule has 0 aliphatic carbocycles. The topological polar surface area (TPSA) is 173 Å². The van der Waals surface area contributed by atoms with Gasteiger partial charge in [-0.15, -0.1) is 5.75 Å². The van der Waals surface area contributed by atoms with Crippen LogP contribution >= 0.6 is 0 Å². The van der Waals surface area contributed by atoms with E-state index >= 15 is 0 Å². The second-order valence-corrected chi connectivity index (χ2v) is 16.1. The summed E-state index contributed by atoms with van der Waals surface area (Å²) in [7, 11) is -9.03. The van der Waals surface area contributed by atoms with Crippen LogP contribution in [0.25, 0.3) is 0 Å². The van der Waals surface area contributed by atoms with Crippen LogP contribution in [-0.4, -0.2) is 68.8 Å². The second kappa shape index (κ2) is 25.4. The van der Waals surface area contributed by atoms with Crippen molar-refractivity contribution in [3.8, 4) is 34.5 Å². The van der Waals surface area contributed by atoms with Crippen molar-refractivity contribution >= 4 is 58.0 Å².